The Labute approximate surface area is 121 Å². The Morgan fingerprint density at radius 1 is 1.33 bits per heavy atom. The second-order valence-corrected chi connectivity index (χ2v) is 4.16. The summed E-state index contributed by atoms with van der Waals surface area (Å²) in [5.74, 6) is 0.676. The molecule has 0 radical (unpaired) electrons. The molecule has 0 saturated heterocycles. The molecule has 0 aliphatic heterocycles. The van der Waals surface area contributed by atoms with Crippen LogP contribution in [0.3, 0.4) is 0 Å². The number of rotatable bonds is 5. The topological polar surface area (TPSA) is 84.5 Å². The summed E-state index contributed by atoms with van der Waals surface area (Å²) in [5.41, 5.74) is 0.903. The fourth-order valence-corrected chi connectivity index (χ4v) is 1.84. The zero-order chi connectivity index (χ0) is 15.2. The number of nitrogens with one attached hydrogen (secondary N) is 1. The van der Waals surface area contributed by atoms with Crippen LogP contribution in [0.1, 0.15) is 22.0 Å². The van der Waals surface area contributed by atoms with Crippen LogP contribution in [0.2, 0.25) is 0 Å². The third kappa shape index (κ3) is 3.15. The first kappa shape index (κ1) is 14.5. The molecule has 2 aromatic rings. The smallest absolute Gasteiger partial charge is 0.255 e. The fraction of sp³-hybridized carbons (Fsp3) is 0.200. The van der Waals surface area contributed by atoms with E-state index >= 15 is 0 Å². The number of hydrogen-bond acceptors (Lipinski definition) is 5. The molecule has 1 aromatic heterocycles. The zero-order valence-electron chi connectivity index (χ0n) is 11.6. The molecule has 0 bridgehead atoms. The van der Waals surface area contributed by atoms with Gasteiger partial charge in [0.25, 0.3) is 5.91 Å². The summed E-state index contributed by atoms with van der Waals surface area (Å²) in [4.78, 5) is 12.0. The summed E-state index contributed by atoms with van der Waals surface area (Å²) in [6, 6.07) is 7.76. The van der Waals surface area contributed by atoms with Gasteiger partial charge in [0.1, 0.15) is 23.8 Å². The highest BCUT2D eigenvalue weighted by Crippen LogP contribution is 2.29. The lowest BCUT2D eigenvalue weighted by atomic mass is 10.1. The molecule has 108 valence electrons. The summed E-state index contributed by atoms with van der Waals surface area (Å²) in [6.07, 6.45) is 2.71. The van der Waals surface area contributed by atoms with E-state index in [1.165, 1.54) is 32.8 Å². The average Bonchev–Trinajstić information content (AvgIpc) is 3.06. The highest BCUT2D eigenvalue weighted by atomic mass is 16.5. The Morgan fingerprint density at radius 2 is 2.14 bits per heavy atom. The molecular formula is C15H14N2O4. The van der Waals surface area contributed by atoms with Crippen molar-refractivity contribution >= 4 is 5.91 Å². The fourth-order valence-electron chi connectivity index (χ4n) is 1.84. The second kappa shape index (κ2) is 6.48. The standard InChI is InChI=1S/C15H14N2O4/c1-19-11-3-4-12(14(7-11)20-2)13(8-16)17-15(18)10-5-6-21-9-10/h3-7,9,13H,1-2H3,(H,17,18)/t13-/m0/s1. The minimum atomic E-state index is -0.840. The quantitative estimate of drug-likeness (QED) is 0.911. The summed E-state index contributed by atoms with van der Waals surface area (Å²) in [6.45, 7) is 0. The van der Waals surface area contributed by atoms with Crippen LogP contribution in [-0.4, -0.2) is 20.1 Å². The van der Waals surface area contributed by atoms with Crippen LogP contribution in [0.5, 0.6) is 11.5 Å². The lowest BCUT2D eigenvalue weighted by Crippen LogP contribution is -2.27. The third-order valence-electron chi connectivity index (χ3n) is 2.94. The van der Waals surface area contributed by atoms with Crippen LogP contribution < -0.4 is 14.8 Å². The summed E-state index contributed by atoms with van der Waals surface area (Å²) >= 11 is 0. The molecule has 0 aliphatic rings. The molecule has 0 saturated carbocycles. The zero-order valence-corrected chi connectivity index (χ0v) is 11.6. The Bertz CT molecular complexity index is 659. The Morgan fingerprint density at radius 3 is 2.71 bits per heavy atom. The van der Waals surface area contributed by atoms with Crippen molar-refractivity contribution in [2.45, 2.75) is 6.04 Å². The van der Waals surface area contributed by atoms with Crippen molar-refractivity contribution in [2.24, 2.45) is 0 Å². The highest BCUT2D eigenvalue weighted by molar-refractivity contribution is 5.94. The van der Waals surface area contributed by atoms with Gasteiger partial charge < -0.3 is 19.2 Å². The maximum Gasteiger partial charge on any atom is 0.255 e. The van der Waals surface area contributed by atoms with Gasteiger partial charge in [0.2, 0.25) is 0 Å². The van der Waals surface area contributed by atoms with Gasteiger partial charge in [-0.1, -0.05) is 0 Å². The molecule has 1 heterocycles. The number of benzene rings is 1. The average molecular weight is 286 g/mol. The predicted octanol–water partition coefficient (Wildman–Crippen LogP) is 2.29. The number of carbonyl (C=O) groups is 1. The molecule has 0 unspecified atom stereocenters. The van der Waals surface area contributed by atoms with Crippen LogP contribution in [0.4, 0.5) is 0 Å². The van der Waals surface area contributed by atoms with E-state index in [1.807, 2.05) is 6.07 Å². The summed E-state index contributed by atoms with van der Waals surface area (Å²) < 4.78 is 15.2. The molecule has 0 spiro atoms. The number of hydrogen-bond donors (Lipinski definition) is 1. The molecular weight excluding hydrogens is 272 g/mol. The molecule has 6 heteroatoms. The Kier molecular flexibility index (Phi) is 4.46. The first-order valence-electron chi connectivity index (χ1n) is 6.14. The van der Waals surface area contributed by atoms with Crippen LogP contribution in [-0.2, 0) is 0 Å². The van der Waals surface area contributed by atoms with Gasteiger partial charge in [-0.2, -0.15) is 5.26 Å². The molecule has 2 rings (SSSR count). The third-order valence-corrected chi connectivity index (χ3v) is 2.94. The van der Waals surface area contributed by atoms with Crippen LogP contribution >= 0.6 is 0 Å². The predicted molar refractivity (Wildman–Crippen MR) is 74.1 cm³/mol. The van der Waals surface area contributed by atoms with Gasteiger partial charge in [0.05, 0.1) is 32.1 Å². The van der Waals surface area contributed by atoms with Crippen molar-refractivity contribution < 1.29 is 18.7 Å². The summed E-state index contributed by atoms with van der Waals surface area (Å²) in [5, 5.41) is 11.9. The molecule has 1 atom stereocenters. The lowest BCUT2D eigenvalue weighted by molar-refractivity contribution is 0.0944. The molecule has 0 fully saturated rings. The first-order valence-corrected chi connectivity index (χ1v) is 6.14. The Hall–Kier alpha value is -2.94. The number of methoxy groups -OCH3 is 2. The van der Waals surface area contributed by atoms with Crippen molar-refractivity contribution in [2.75, 3.05) is 14.2 Å². The van der Waals surface area contributed by atoms with Crippen molar-refractivity contribution in [1.82, 2.24) is 5.32 Å². The monoisotopic (exact) mass is 286 g/mol. The number of ether oxygens (including phenoxy) is 2. The van der Waals surface area contributed by atoms with Gasteiger partial charge >= 0.3 is 0 Å². The SMILES string of the molecule is COc1ccc([C@H](C#N)NC(=O)c2ccoc2)c(OC)c1. The highest BCUT2D eigenvalue weighted by Gasteiger charge is 2.20. The minimum absolute atomic E-state index is 0.350. The molecule has 1 amide bonds. The van der Waals surface area contributed by atoms with Gasteiger partial charge in [0.15, 0.2) is 0 Å². The largest absolute Gasteiger partial charge is 0.497 e. The minimum Gasteiger partial charge on any atom is -0.497 e. The van der Waals surface area contributed by atoms with Crippen LogP contribution in [0.25, 0.3) is 0 Å². The Balaban J connectivity index is 2.25. The molecule has 6 nitrogen and oxygen atoms in total. The number of nitrogens with zero attached hydrogens (tertiary/aromatic N) is 1. The van der Waals surface area contributed by atoms with E-state index in [-0.39, 0.29) is 0 Å². The number of nitriles is 1. The van der Waals surface area contributed by atoms with Crippen molar-refractivity contribution in [3.8, 4) is 17.6 Å². The normalized spacial score (nSPS) is 11.3. The first-order chi connectivity index (χ1) is 10.2. The summed E-state index contributed by atoms with van der Waals surface area (Å²) in [7, 11) is 3.03. The van der Waals surface area contributed by atoms with Crippen molar-refractivity contribution in [3.63, 3.8) is 0 Å². The second-order valence-electron chi connectivity index (χ2n) is 4.16. The van der Waals surface area contributed by atoms with E-state index in [1.54, 1.807) is 18.2 Å². The molecule has 21 heavy (non-hydrogen) atoms. The maximum atomic E-state index is 12.0. The van der Waals surface area contributed by atoms with Gasteiger partial charge in [0, 0.05) is 11.6 Å². The van der Waals surface area contributed by atoms with Gasteiger partial charge in [-0.05, 0) is 18.2 Å². The molecule has 1 N–H and O–H groups in total. The van der Waals surface area contributed by atoms with Crippen LogP contribution in [0.15, 0.2) is 41.2 Å². The van der Waals surface area contributed by atoms with E-state index in [0.29, 0.717) is 22.6 Å². The van der Waals surface area contributed by atoms with Crippen LogP contribution in [0, 0.1) is 11.3 Å². The van der Waals surface area contributed by atoms with E-state index in [4.69, 9.17) is 13.9 Å². The van der Waals surface area contributed by atoms with Gasteiger partial charge in [-0.3, -0.25) is 4.79 Å². The van der Waals surface area contributed by atoms with Crippen molar-refractivity contribution in [3.05, 3.63) is 47.9 Å². The van der Waals surface area contributed by atoms with Crippen molar-refractivity contribution in [1.29, 1.82) is 5.26 Å². The van der Waals surface area contributed by atoms with E-state index in [9.17, 15) is 10.1 Å². The number of carbonyl (C=O) groups excluding carboxylic acids is 1. The maximum absolute atomic E-state index is 12.0. The van der Waals surface area contributed by atoms with Gasteiger partial charge in [-0.15, -0.1) is 0 Å². The molecule has 1 aromatic carbocycles. The lowest BCUT2D eigenvalue weighted by Gasteiger charge is -2.15. The number of furan rings is 1. The molecule has 0 aliphatic carbocycles. The van der Waals surface area contributed by atoms with E-state index in [0.717, 1.165) is 0 Å². The van der Waals surface area contributed by atoms with Gasteiger partial charge in [-0.25, -0.2) is 0 Å². The van der Waals surface area contributed by atoms with E-state index < -0.39 is 11.9 Å². The van der Waals surface area contributed by atoms with E-state index in [2.05, 4.69) is 5.32 Å². The number of amides is 1.